The molecule has 132 valence electrons. The minimum atomic E-state index is -2.81. The molecule has 1 saturated carbocycles. The van der Waals surface area contributed by atoms with Gasteiger partial charge in [-0.3, -0.25) is 4.79 Å². The zero-order valence-electron chi connectivity index (χ0n) is 14.0. The first-order valence-electron chi connectivity index (χ1n) is 8.32. The number of carbonyl (C=O) groups excluding carboxylic acids is 1. The lowest BCUT2D eigenvalue weighted by atomic mass is 9.72. The Bertz CT molecular complexity index is 761. The predicted molar refractivity (Wildman–Crippen MR) is 97.9 cm³/mol. The van der Waals surface area contributed by atoms with Crippen molar-refractivity contribution in [2.24, 2.45) is 11.7 Å². The van der Waals surface area contributed by atoms with Crippen molar-refractivity contribution in [3.05, 3.63) is 54.1 Å². The van der Waals surface area contributed by atoms with E-state index < -0.39 is 24.2 Å². The van der Waals surface area contributed by atoms with Crippen molar-refractivity contribution in [3.8, 4) is 11.1 Å². The zero-order chi connectivity index (χ0) is 18.0. The normalized spacial score (nSPS) is 22.5. The van der Waals surface area contributed by atoms with E-state index in [-0.39, 0.29) is 18.8 Å². The van der Waals surface area contributed by atoms with Gasteiger partial charge in [-0.1, -0.05) is 36.4 Å². The first-order valence-corrected chi connectivity index (χ1v) is 9.54. The number of benzene rings is 2. The van der Waals surface area contributed by atoms with Crippen LogP contribution in [0.15, 0.2) is 53.4 Å². The van der Waals surface area contributed by atoms with Gasteiger partial charge in [0.15, 0.2) is 0 Å². The molecule has 1 fully saturated rings. The molecule has 0 radical (unpaired) electrons. The third-order valence-electron chi connectivity index (χ3n) is 4.95. The first-order chi connectivity index (χ1) is 11.9. The van der Waals surface area contributed by atoms with Crippen molar-refractivity contribution in [1.29, 1.82) is 0 Å². The van der Waals surface area contributed by atoms with E-state index in [1.165, 1.54) is 0 Å². The van der Waals surface area contributed by atoms with Crippen LogP contribution >= 0.6 is 11.8 Å². The van der Waals surface area contributed by atoms with Gasteiger partial charge in [0.25, 0.3) is 0 Å². The molecule has 2 aromatic rings. The second-order valence-electron chi connectivity index (χ2n) is 6.53. The summed E-state index contributed by atoms with van der Waals surface area (Å²) in [5.41, 5.74) is 8.40. The van der Waals surface area contributed by atoms with Crippen molar-refractivity contribution in [2.75, 3.05) is 6.26 Å². The Labute approximate surface area is 150 Å². The van der Waals surface area contributed by atoms with E-state index in [4.69, 9.17) is 5.73 Å². The Morgan fingerprint density at radius 3 is 2.48 bits per heavy atom. The molecule has 0 saturated heterocycles. The van der Waals surface area contributed by atoms with Gasteiger partial charge in [0.2, 0.25) is 11.8 Å². The van der Waals surface area contributed by atoms with Crippen LogP contribution < -0.4 is 5.73 Å². The largest absolute Gasteiger partial charge is 0.369 e. The van der Waals surface area contributed by atoms with E-state index in [9.17, 15) is 13.6 Å². The molecule has 0 bridgehead atoms. The SMILES string of the molecule is CSc1ccc(-c2ccccc2C2CCC(F)(F)CC2C(N)=O)cc1. The van der Waals surface area contributed by atoms with E-state index in [1.807, 2.05) is 54.8 Å². The second-order valence-corrected chi connectivity index (χ2v) is 7.41. The topological polar surface area (TPSA) is 43.1 Å². The monoisotopic (exact) mass is 361 g/mol. The molecule has 0 spiro atoms. The van der Waals surface area contributed by atoms with Crippen molar-refractivity contribution in [2.45, 2.75) is 36.0 Å². The number of rotatable bonds is 4. The average Bonchev–Trinajstić information content (AvgIpc) is 2.61. The zero-order valence-corrected chi connectivity index (χ0v) is 14.9. The van der Waals surface area contributed by atoms with E-state index in [1.54, 1.807) is 11.8 Å². The van der Waals surface area contributed by atoms with Crippen LogP contribution in [0.25, 0.3) is 11.1 Å². The fraction of sp³-hybridized carbons (Fsp3) is 0.350. The van der Waals surface area contributed by atoms with E-state index in [2.05, 4.69) is 0 Å². The fourth-order valence-electron chi connectivity index (χ4n) is 3.66. The molecule has 5 heteroatoms. The number of halogens is 2. The van der Waals surface area contributed by atoms with Crippen LogP contribution in [0, 0.1) is 5.92 Å². The van der Waals surface area contributed by atoms with Crippen LogP contribution in [-0.2, 0) is 4.79 Å². The summed E-state index contributed by atoms with van der Waals surface area (Å²) in [5, 5.41) is 0. The number of primary amides is 1. The minimum absolute atomic E-state index is 0.207. The maximum Gasteiger partial charge on any atom is 0.249 e. The number of thioether (sulfide) groups is 1. The quantitative estimate of drug-likeness (QED) is 0.772. The van der Waals surface area contributed by atoms with Crippen LogP contribution in [0.2, 0.25) is 0 Å². The highest BCUT2D eigenvalue weighted by molar-refractivity contribution is 7.98. The van der Waals surface area contributed by atoms with Crippen LogP contribution in [0.4, 0.5) is 8.78 Å². The van der Waals surface area contributed by atoms with Crippen LogP contribution in [0.1, 0.15) is 30.7 Å². The summed E-state index contributed by atoms with van der Waals surface area (Å²) in [6, 6.07) is 15.9. The maximum atomic E-state index is 13.8. The van der Waals surface area contributed by atoms with Crippen molar-refractivity contribution >= 4 is 17.7 Å². The standard InChI is InChI=1S/C20H21F2NOS/c1-25-14-8-6-13(7-9-14)15-4-2-3-5-16(15)17-10-11-20(21,22)12-18(17)19(23)24/h2-9,17-18H,10-12H2,1H3,(H2,23,24). The van der Waals surface area contributed by atoms with Gasteiger partial charge in [0.1, 0.15) is 0 Å². The lowest BCUT2D eigenvalue weighted by Crippen LogP contribution is -2.39. The third-order valence-corrected chi connectivity index (χ3v) is 5.70. The van der Waals surface area contributed by atoms with Crippen LogP contribution in [0.3, 0.4) is 0 Å². The molecular weight excluding hydrogens is 340 g/mol. The molecule has 2 unspecified atom stereocenters. The van der Waals surface area contributed by atoms with Gasteiger partial charge >= 0.3 is 0 Å². The summed E-state index contributed by atoms with van der Waals surface area (Å²) in [6.45, 7) is 0. The fourth-order valence-corrected chi connectivity index (χ4v) is 4.07. The van der Waals surface area contributed by atoms with Crippen molar-refractivity contribution < 1.29 is 13.6 Å². The van der Waals surface area contributed by atoms with Gasteiger partial charge in [0, 0.05) is 17.7 Å². The van der Waals surface area contributed by atoms with E-state index in [0.717, 1.165) is 21.6 Å². The molecule has 1 aliphatic carbocycles. The van der Waals surface area contributed by atoms with Gasteiger partial charge < -0.3 is 5.73 Å². The summed E-state index contributed by atoms with van der Waals surface area (Å²) >= 11 is 1.66. The summed E-state index contributed by atoms with van der Waals surface area (Å²) in [4.78, 5) is 13.0. The summed E-state index contributed by atoms with van der Waals surface area (Å²) in [6.07, 6.45) is 1.61. The Balaban J connectivity index is 2.00. The van der Waals surface area contributed by atoms with Gasteiger partial charge in [-0.2, -0.15) is 0 Å². The summed E-state index contributed by atoms with van der Waals surface area (Å²) in [5.74, 6) is -4.56. The second kappa shape index (κ2) is 7.16. The number of amides is 1. The molecule has 0 aromatic heterocycles. The Morgan fingerprint density at radius 1 is 1.16 bits per heavy atom. The molecule has 0 aliphatic heterocycles. The molecule has 25 heavy (non-hydrogen) atoms. The maximum absolute atomic E-state index is 13.8. The third kappa shape index (κ3) is 3.87. The number of alkyl halides is 2. The molecule has 3 rings (SSSR count). The summed E-state index contributed by atoms with van der Waals surface area (Å²) in [7, 11) is 0. The predicted octanol–water partition coefficient (Wildman–Crippen LogP) is 5.08. The molecule has 2 aromatic carbocycles. The highest BCUT2D eigenvalue weighted by atomic mass is 32.2. The average molecular weight is 361 g/mol. The lowest BCUT2D eigenvalue weighted by Gasteiger charge is -2.35. The molecular formula is C20H21F2NOS. The number of nitrogens with two attached hydrogens (primary N) is 1. The molecule has 2 N–H and O–H groups in total. The molecule has 2 atom stereocenters. The van der Waals surface area contributed by atoms with Gasteiger partial charge in [-0.05, 0) is 47.4 Å². The van der Waals surface area contributed by atoms with Crippen LogP contribution in [-0.4, -0.2) is 18.1 Å². The lowest BCUT2D eigenvalue weighted by molar-refractivity contribution is -0.130. The molecule has 0 heterocycles. The van der Waals surface area contributed by atoms with Crippen molar-refractivity contribution in [1.82, 2.24) is 0 Å². The smallest absolute Gasteiger partial charge is 0.249 e. The number of hydrogen-bond donors (Lipinski definition) is 1. The number of carbonyl (C=O) groups is 1. The van der Waals surface area contributed by atoms with Crippen LogP contribution in [0.5, 0.6) is 0 Å². The Morgan fingerprint density at radius 2 is 1.84 bits per heavy atom. The molecule has 1 amide bonds. The van der Waals surface area contributed by atoms with Gasteiger partial charge in [-0.25, -0.2) is 8.78 Å². The molecule has 1 aliphatic rings. The van der Waals surface area contributed by atoms with Crippen molar-refractivity contribution in [3.63, 3.8) is 0 Å². The Hall–Kier alpha value is -1.88. The Kier molecular flexibility index (Phi) is 5.13. The minimum Gasteiger partial charge on any atom is -0.369 e. The van der Waals surface area contributed by atoms with Gasteiger partial charge in [0.05, 0.1) is 5.92 Å². The van der Waals surface area contributed by atoms with Gasteiger partial charge in [-0.15, -0.1) is 11.8 Å². The summed E-state index contributed by atoms with van der Waals surface area (Å²) < 4.78 is 27.6. The highest BCUT2D eigenvalue weighted by Gasteiger charge is 2.44. The van der Waals surface area contributed by atoms with E-state index >= 15 is 0 Å². The molecule has 2 nitrogen and oxygen atoms in total. The highest BCUT2D eigenvalue weighted by Crippen LogP contribution is 2.47. The first kappa shape index (κ1) is 17.9. The van der Waals surface area contributed by atoms with E-state index in [0.29, 0.717) is 0 Å². The number of hydrogen-bond acceptors (Lipinski definition) is 2.